The van der Waals surface area contributed by atoms with Gasteiger partial charge in [0, 0.05) is 85.5 Å². The first-order chi connectivity index (χ1) is 40.5. The Morgan fingerprint density at radius 3 is 0.929 bits per heavy atom. The van der Waals surface area contributed by atoms with Crippen LogP contribution in [-0.2, 0) is 0 Å². The van der Waals surface area contributed by atoms with Gasteiger partial charge in [-0.3, -0.25) is 0 Å². The molecule has 456 valence electrons. The third kappa shape index (κ3) is 19.1. The van der Waals surface area contributed by atoms with Crippen LogP contribution in [0.4, 0.5) is 11.4 Å². The second-order valence-electron chi connectivity index (χ2n) is 25.1. The summed E-state index contributed by atoms with van der Waals surface area (Å²) in [6.07, 6.45) is 29.6. The van der Waals surface area contributed by atoms with Crippen molar-refractivity contribution < 1.29 is 9.15 Å². The number of aryl methyl sites for hydroxylation is 6. The molecule has 0 amide bonds. The molecule has 0 radical (unpaired) electrons. The van der Waals surface area contributed by atoms with Crippen molar-refractivity contribution in [1.29, 1.82) is 0 Å². The fourth-order valence-electron chi connectivity index (χ4n) is 13.1. The molecule has 0 spiro atoms. The number of anilines is 2. The molecular weight excluding hydrogens is 1020 g/mol. The number of nitrogens with zero attached hydrogens (tertiary/aromatic N) is 4. The summed E-state index contributed by atoms with van der Waals surface area (Å²) in [5.41, 5.74) is 30.0. The molecule has 0 N–H and O–H groups in total. The van der Waals surface area contributed by atoms with Gasteiger partial charge in [0.05, 0.1) is 0 Å². The van der Waals surface area contributed by atoms with E-state index in [1.165, 1.54) is 226 Å². The Kier molecular flexibility index (Phi) is 29.3. The van der Waals surface area contributed by atoms with Gasteiger partial charge >= 0.3 is 0 Å². The number of rotatable bonds is 30. The van der Waals surface area contributed by atoms with Crippen LogP contribution in [0, 0.1) is 41.5 Å². The molecule has 0 bridgehead atoms. The Balaban J connectivity index is 0.000000307. The molecule has 0 aromatic heterocycles. The van der Waals surface area contributed by atoms with Crippen molar-refractivity contribution in [3.8, 4) is 0 Å². The average molecular weight is 1140 g/mol. The van der Waals surface area contributed by atoms with Gasteiger partial charge in [0.2, 0.25) is 11.4 Å². The lowest BCUT2D eigenvalue weighted by molar-refractivity contribution is -0.528. The fraction of sp³-hybridized carbons (Fsp3) is 0.525. The second kappa shape index (κ2) is 35.7. The highest BCUT2D eigenvalue weighted by atomic mass is 15.1. The summed E-state index contributed by atoms with van der Waals surface area (Å²) >= 11 is 0. The molecule has 0 unspecified atom stereocenters. The number of hydrogen-bond donors (Lipinski definition) is 0. The predicted octanol–water partition coefficient (Wildman–Crippen LogP) is 21.6. The van der Waals surface area contributed by atoms with Crippen molar-refractivity contribution in [2.75, 3.05) is 62.2 Å². The van der Waals surface area contributed by atoms with Crippen LogP contribution in [0.25, 0.3) is 11.1 Å². The zero-order chi connectivity index (χ0) is 61.3. The first-order valence-electron chi connectivity index (χ1n) is 33.8. The standard InChI is InChI=1S/2C40H59N2/c1-10-14-22-41(23-15-11-2)39-31(6)26-36(27-32(39)7)38(35-20-18-30(5)19-21-35)37-28-33(8)40(34(9)29-37)42(24-16-12-3)25-17-13-4;1-10-14-21-41(22-15-11-2)39-31(6)26-36(27-32(39)7)38(35-20-18-19-30(5)25-35)37-28-33(8)40(34(9)29-37)42(23-16-12-3)24-17-13-4/h18-21,26-29H,10-17,22-25H2,1-9H3;18-20,25-29H,10-17,21-24H2,1-9H3/q2*+1. The third-order valence-corrected chi connectivity index (χ3v) is 17.3. The third-order valence-electron chi connectivity index (χ3n) is 17.3. The number of unbranched alkanes of at least 4 members (excludes halogenated alkanes) is 8. The Labute approximate surface area is 516 Å². The van der Waals surface area contributed by atoms with Crippen LogP contribution in [0.5, 0.6) is 0 Å². The van der Waals surface area contributed by atoms with Crippen molar-refractivity contribution in [3.05, 3.63) is 186 Å². The molecule has 4 aromatic carbocycles. The Morgan fingerprint density at radius 2 is 0.631 bits per heavy atom. The van der Waals surface area contributed by atoms with E-state index in [0.29, 0.717) is 0 Å². The summed E-state index contributed by atoms with van der Waals surface area (Å²) in [6.45, 7) is 50.4. The molecule has 0 fully saturated rings. The molecule has 0 saturated carbocycles. The average Bonchev–Trinajstić information content (AvgIpc) is 1.67. The maximum absolute atomic E-state index is 2.65. The molecule has 4 heteroatoms. The van der Waals surface area contributed by atoms with Crippen LogP contribution < -0.4 is 9.80 Å². The lowest BCUT2D eigenvalue weighted by atomic mass is 9.85. The SMILES string of the molecule is CCCCN(CCCC)c1c(C)cc(C(=C2C=C(C)C(=[N+](CCCC)CCCC)C(C)=C2)c2ccc(C)cc2)cc1C.CCCCN(CCCC)c1c(C)cc(C(=C2C=C(C)C(=[N+](CCCC)CCCC)C(C)=C2)c2cccc(C)c2)cc1C. The minimum Gasteiger partial charge on any atom is -0.371 e. The monoisotopic (exact) mass is 1130 g/mol. The van der Waals surface area contributed by atoms with E-state index in [-0.39, 0.29) is 0 Å². The van der Waals surface area contributed by atoms with Crippen LogP contribution in [-0.4, -0.2) is 72.9 Å². The van der Waals surface area contributed by atoms with E-state index < -0.39 is 0 Å². The van der Waals surface area contributed by atoms with E-state index in [1.807, 2.05) is 0 Å². The first kappa shape index (κ1) is 69.0. The smallest absolute Gasteiger partial charge is 0.205 e. The summed E-state index contributed by atoms with van der Waals surface area (Å²) in [5.74, 6) is 0. The molecule has 4 aromatic rings. The van der Waals surface area contributed by atoms with Gasteiger partial charge in [-0.05, 0) is 210 Å². The van der Waals surface area contributed by atoms with Crippen molar-refractivity contribution in [2.45, 2.75) is 227 Å². The molecule has 0 aliphatic heterocycles. The van der Waals surface area contributed by atoms with Gasteiger partial charge in [0.1, 0.15) is 26.2 Å². The number of allylic oxidation sites excluding steroid dienone is 10. The maximum atomic E-state index is 2.65. The summed E-state index contributed by atoms with van der Waals surface area (Å²) in [7, 11) is 0. The van der Waals surface area contributed by atoms with E-state index in [2.05, 4.69) is 241 Å². The minimum atomic E-state index is 1.14. The van der Waals surface area contributed by atoms with Crippen molar-refractivity contribution in [3.63, 3.8) is 0 Å². The second-order valence-corrected chi connectivity index (χ2v) is 25.1. The maximum Gasteiger partial charge on any atom is 0.205 e. The molecule has 84 heavy (non-hydrogen) atoms. The Morgan fingerprint density at radius 1 is 0.321 bits per heavy atom. The van der Waals surface area contributed by atoms with Gasteiger partial charge in [0.15, 0.2) is 0 Å². The van der Waals surface area contributed by atoms with Crippen LogP contribution in [0.15, 0.2) is 131 Å². The van der Waals surface area contributed by atoms with Crippen molar-refractivity contribution >= 4 is 33.9 Å². The molecule has 2 aliphatic rings. The van der Waals surface area contributed by atoms with Crippen LogP contribution in [0.2, 0.25) is 0 Å². The number of benzene rings is 4. The highest BCUT2D eigenvalue weighted by Gasteiger charge is 2.27. The van der Waals surface area contributed by atoms with Crippen LogP contribution in [0.1, 0.15) is 241 Å². The van der Waals surface area contributed by atoms with Crippen molar-refractivity contribution in [1.82, 2.24) is 0 Å². The number of hydrogen-bond acceptors (Lipinski definition) is 2. The topological polar surface area (TPSA) is 12.5 Å². The summed E-state index contributed by atoms with van der Waals surface area (Å²) in [5, 5.41) is 0. The molecule has 2 aliphatic carbocycles. The lowest BCUT2D eigenvalue weighted by Crippen LogP contribution is -2.27. The van der Waals surface area contributed by atoms with Gasteiger partial charge in [-0.25, -0.2) is 9.15 Å². The normalized spacial score (nSPS) is 13.3. The van der Waals surface area contributed by atoms with E-state index in [0.717, 1.165) is 52.4 Å². The zero-order valence-corrected chi connectivity index (χ0v) is 57.0. The molecule has 0 heterocycles. The summed E-state index contributed by atoms with van der Waals surface area (Å²) in [6, 6.07) is 28.0. The fourth-order valence-corrected chi connectivity index (χ4v) is 13.1. The van der Waals surface area contributed by atoms with Crippen LogP contribution in [0.3, 0.4) is 0 Å². The molecule has 6 rings (SSSR count). The van der Waals surface area contributed by atoms with E-state index in [1.54, 1.807) is 0 Å². The largest absolute Gasteiger partial charge is 0.371 e. The molecule has 0 atom stereocenters. The quantitative estimate of drug-likeness (QED) is 0.0483. The van der Waals surface area contributed by atoms with Gasteiger partial charge in [-0.2, -0.15) is 0 Å². The van der Waals surface area contributed by atoms with Gasteiger partial charge in [0.25, 0.3) is 0 Å². The van der Waals surface area contributed by atoms with Gasteiger partial charge < -0.3 is 9.80 Å². The highest BCUT2D eigenvalue weighted by molar-refractivity contribution is 6.12. The summed E-state index contributed by atoms with van der Waals surface area (Å²) in [4.78, 5) is 5.30. The minimum absolute atomic E-state index is 1.14. The first-order valence-corrected chi connectivity index (χ1v) is 33.8. The van der Waals surface area contributed by atoms with Crippen LogP contribution >= 0.6 is 0 Å². The molecular formula is C80H118N4+2. The predicted molar refractivity (Wildman–Crippen MR) is 375 cm³/mol. The Hall–Kier alpha value is -5.74. The van der Waals surface area contributed by atoms with E-state index >= 15 is 0 Å². The van der Waals surface area contributed by atoms with E-state index in [4.69, 9.17) is 0 Å². The summed E-state index contributed by atoms with van der Waals surface area (Å²) < 4.78 is 5.30. The highest BCUT2D eigenvalue weighted by Crippen LogP contribution is 2.39. The van der Waals surface area contributed by atoms with Crippen molar-refractivity contribution in [2.24, 2.45) is 0 Å². The van der Waals surface area contributed by atoms with E-state index in [9.17, 15) is 0 Å². The molecule has 0 saturated heterocycles. The van der Waals surface area contributed by atoms with Gasteiger partial charge in [-0.1, -0.05) is 166 Å². The lowest BCUT2D eigenvalue weighted by Gasteiger charge is -2.29. The van der Waals surface area contributed by atoms with Gasteiger partial charge in [-0.15, -0.1) is 0 Å². The zero-order valence-electron chi connectivity index (χ0n) is 57.0. The molecule has 4 nitrogen and oxygen atoms in total. The Bertz CT molecular complexity index is 2900.